The zero-order valence-electron chi connectivity index (χ0n) is 11.9. The van der Waals surface area contributed by atoms with E-state index in [9.17, 15) is 4.79 Å². The summed E-state index contributed by atoms with van der Waals surface area (Å²) in [7, 11) is 1.65. The van der Waals surface area contributed by atoms with Crippen molar-refractivity contribution >= 4 is 21.8 Å². The number of likely N-dealkylation sites (N-methyl/N-ethyl adjacent to an activating group) is 1. The fraction of sp³-hybridized carbons (Fsp3) is 0.500. The average Bonchev–Trinajstić information content (AvgIpc) is 2.38. The molecule has 1 rings (SSSR count). The highest BCUT2D eigenvalue weighted by Crippen LogP contribution is 2.27. The van der Waals surface area contributed by atoms with Gasteiger partial charge in [-0.3, -0.25) is 4.79 Å². The van der Waals surface area contributed by atoms with Crippen LogP contribution in [0.5, 0.6) is 5.75 Å². The number of carbonyl (C=O) groups excluding carboxylic acids is 1. The van der Waals surface area contributed by atoms with Crippen LogP contribution in [0.25, 0.3) is 0 Å². The molecular formula is C14H22BrN2O2+. The number of hydrogen-bond acceptors (Lipinski definition) is 2. The SMILES string of the molecule is CCNC(=O)[C@@H](C)[NH2+][C@@H](C)c1ccc(OC)c(Br)c1. The Bertz CT molecular complexity index is 437. The van der Waals surface area contributed by atoms with E-state index in [1.54, 1.807) is 7.11 Å². The molecule has 106 valence electrons. The Kier molecular flexibility index (Phi) is 6.31. The van der Waals surface area contributed by atoms with Crippen LogP contribution >= 0.6 is 15.9 Å². The zero-order valence-corrected chi connectivity index (χ0v) is 13.5. The molecule has 2 atom stereocenters. The number of amides is 1. The summed E-state index contributed by atoms with van der Waals surface area (Å²) in [5.41, 5.74) is 1.16. The molecule has 1 aromatic carbocycles. The molecule has 5 heteroatoms. The lowest BCUT2D eigenvalue weighted by Gasteiger charge is -2.17. The predicted octanol–water partition coefficient (Wildman–Crippen LogP) is 1.61. The van der Waals surface area contributed by atoms with Crippen molar-refractivity contribution < 1.29 is 14.8 Å². The van der Waals surface area contributed by atoms with Gasteiger partial charge in [-0.25, -0.2) is 0 Å². The van der Waals surface area contributed by atoms with Crippen LogP contribution in [0.15, 0.2) is 22.7 Å². The molecule has 0 aliphatic heterocycles. The van der Waals surface area contributed by atoms with Gasteiger partial charge in [-0.2, -0.15) is 0 Å². The lowest BCUT2D eigenvalue weighted by atomic mass is 10.1. The Morgan fingerprint density at radius 1 is 1.47 bits per heavy atom. The van der Waals surface area contributed by atoms with E-state index >= 15 is 0 Å². The fourth-order valence-corrected chi connectivity index (χ4v) is 2.49. The third-order valence-electron chi connectivity index (χ3n) is 3.04. The summed E-state index contributed by atoms with van der Waals surface area (Å²) in [4.78, 5) is 11.7. The van der Waals surface area contributed by atoms with E-state index in [-0.39, 0.29) is 18.0 Å². The van der Waals surface area contributed by atoms with Gasteiger partial charge in [0.15, 0.2) is 6.04 Å². The number of ether oxygens (including phenoxy) is 1. The normalized spacial score (nSPS) is 13.7. The van der Waals surface area contributed by atoms with Gasteiger partial charge >= 0.3 is 0 Å². The summed E-state index contributed by atoms with van der Waals surface area (Å²) in [6.45, 7) is 6.60. The van der Waals surface area contributed by atoms with E-state index < -0.39 is 0 Å². The van der Waals surface area contributed by atoms with Crippen molar-refractivity contribution in [1.82, 2.24) is 5.32 Å². The van der Waals surface area contributed by atoms with Gasteiger partial charge in [0.1, 0.15) is 11.8 Å². The molecule has 4 nitrogen and oxygen atoms in total. The third kappa shape index (κ3) is 4.51. The Labute approximate surface area is 123 Å². The van der Waals surface area contributed by atoms with Gasteiger partial charge in [0.05, 0.1) is 11.6 Å². The summed E-state index contributed by atoms with van der Waals surface area (Å²) in [5, 5.41) is 4.89. The molecule has 0 spiro atoms. The maximum atomic E-state index is 11.7. The van der Waals surface area contributed by atoms with Crippen molar-refractivity contribution in [2.45, 2.75) is 32.9 Å². The molecule has 3 N–H and O–H groups in total. The summed E-state index contributed by atoms with van der Waals surface area (Å²) < 4.78 is 6.14. The van der Waals surface area contributed by atoms with E-state index in [1.807, 2.05) is 32.0 Å². The largest absolute Gasteiger partial charge is 0.496 e. The summed E-state index contributed by atoms with van der Waals surface area (Å²) >= 11 is 3.48. The summed E-state index contributed by atoms with van der Waals surface area (Å²) in [5.74, 6) is 0.884. The second-order valence-electron chi connectivity index (χ2n) is 4.56. The van der Waals surface area contributed by atoms with Crippen molar-refractivity contribution in [2.75, 3.05) is 13.7 Å². The monoisotopic (exact) mass is 329 g/mol. The van der Waals surface area contributed by atoms with Gasteiger partial charge in [0.25, 0.3) is 5.91 Å². The zero-order chi connectivity index (χ0) is 14.4. The number of nitrogens with one attached hydrogen (secondary N) is 1. The number of halogens is 1. The molecular weight excluding hydrogens is 308 g/mol. The standard InChI is InChI=1S/C14H21BrN2O2/c1-5-16-14(18)10(3)17-9(2)11-6-7-13(19-4)12(15)8-11/h6-10,17H,5H2,1-4H3,(H,16,18)/p+1/t9-,10+/m0/s1. The Morgan fingerprint density at radius 2 is 2.16 bits per heavy atom. The maximum absolute atomic E-state index is 11.7. The highest BCUT2D eigenvalue weighted by atomic mass is 79.9. The van der Waals surface area contributed by atoms with E-state index in [2.05, 4.69) is 33.5 Å². The van der Waals surface area contributed by atoms with Crippen molar-refractivity contribution in [3.8, 4) is 5.75 Å². The van der Waals surface area contributed by atoms with Crippen molar-refractivity contribution in [3.05, 3.63) is 28.2 Å². The number of methoxy groups -OCH3 is 1. The Balaban J connectivity index is 2.70. The number of carbonyl (C=O) groups is 1. The fourth-order valence-electron chi connectivity index (χ4n) is 1.93. The molecule has 0 saturated heterocycles. The first kappa shape index (κ1) is 16.0. The van der Waals surface area contributed by atoms with Crippen molar-refractivity contribution in [2.24, 2.45) is 0 Å². The molecule has 0 aliphatic carbocycles. The van der Waals surface area contributed by atoms with Crippen molar-refractivity contribution in [1.29, 1.82) is 0 Å². The summed E-state index contributed by atoms with van der Waals surface area (Å²) in [6.07, 6.45) is 0. The lowest BCUT2D eigenvalue weighted by Crippen LogP contribution is -2.92. The Hall–Kier alpha value is -1.07. The van der Waals surface area contributed by atoms with Crippen LogP contribution in [-0.4, -0.2) is 25.6 Å². The highest BCUT2D eigenvalue weighted by Gasteiger charge is 2.20. The van der Waals surface area contributed by atoms with Crippen LogP contribution < -0.4 is 15.4 Å². The van der Waals surface area contributed by atoms with E-state index in [0.717, 1.165) is 15.8 Å². The van der Waals surface area contributed by atoms with Crippen LogP contribution in [0.1, 0.15) is 32.4 Å². The summed E-state index contributed by atoms with van der Waals surface area (Å²) in [6, 6.07) is 6.09. The minimum Gasteiger partial charge on any atom is -0.496 e. The molecule has 0 aromatic heterocycles. The topological polar surface area (TPSA) is 54.9 Å². The third-order valence-corrected chi connectivity index (χ3v) is 3.66. The second kappa shape index (κ2) is 7.50. The van der Waals surface area contributed by atoms with Gasteiger partial charge in [0.2, 0.25) is 0 Å². The van der Waals surface area contributed by atoms with Crippen LogP contribution in [0.2, 0.25) is 0 Å². The molecule has 19 heavy (non-hydrogen) atoms. The molecule has 0 saturated carbocycles. The number of rotatable bonds is 6. The van der Waals surface area contributed by atoms with Crippen LogP contribution in [0.3, 0.4) is 0 Å². The van der Waals surface area contributed by atoms with Gasteiger partial charge in [0, 0.05) is 12.1 Å². The molecule has 0 fully saturated rings. The van der Waals surface area contributed by atoms with Crippen molar-refractivity contribution in [3.63, 3.8) is 0 Å². The minimum atomic E-state index is -0.101. The van der Waals surface area contributed by atoms with E-state index in [0.29, 0.717) is 6.54 Å². The van der Waals surface area contributed by atoms with Crippen LogP contribution in [-0.2, 0) is 4.79 Å². The van der Waals surface area contributed by atoms with E-state index in [1.165, 1.54) is 0 Å². The number of hydrogen-bond donors (Lipinski definition) is 2. The van der Waals surface area contributed by atoms with Gasteiger partial charge in [-0.15, -0.1) is 0 Å². The first-order valence-electron chi connectivity index (χ1n) is 6.45. The molecule has 0 radical (unpaired) electrons. The first-order valence-corrected chi connectivity index (χ1v) is 7.25. The molecule has 0 unspecified atom stereocenters. The molecule has 0 bridgehead atoms. The second-order valence-corrected chi connectivity index (χ2v) is 5.41. The van der Waals surface area contributed by atoms with Gasteiger partial charge < -0.3 is 15.4 Å². The quantitative estimate of drug-likeness (QED) is 0.833. The minimum absolute atomic E-state index is 0.0712. The molecule has 1 aromatic rings. The predicted molar refractivity (Wildman–Crippen MR) is 79.2 cm³/mol. The smallest absolute Gasteiger partial charge is 0.277 e. The number of benzene rings is 1. The lowest BCUT2D eigenvalue weighted by molar-refractivity contribution is -0.710. The van der Waals surface area contributed by atoms with Gasteiger partial charge in [-0.05, 0) is 54.9 Å². The molecule has 0 heterocycles. The maximum Gasteiger partial charge on any atom is 0.277 e. The van der Waals surface area contributed by atoms with E-state index in [4.69, 9.17) is 4.74 Å². The molecule has 0 aliphatic rings. The van der Waals surface area contributed by atoms with Crippen LogP contribution in [0.4, 0.5) is 0 Å². The number of quaternary nitrogens is 1. The number of nitrogens with two attached hydrogens (primary N) is 1. The average molecular weight is 330 g/mol. The van der Waals surface area contributed by atoms with Gasteiger partial charge in [-0.1, -0.05) is 0 Å². The molecule has 1 amide bonds. The first-order chi connectivity index (χ1) is 8.99. The van der Waals surface area contributed by atoms with Crippen LogP contribution in [0, 0.1) is 0 Å². The highest BCUT2D eigenvalue weighted by molar-refractivity contribution is 9.10. The Morgan fingerprint density at radius 3 is 2.68 bits per heavy atom.